The molecule has 0 heterocycles. The molecule has 146 valence electrons. The number of alkyl halides is 3. The van der Waals surface area contributed by atoms with E-state index in [2.05, 4.69) is 11.4 Å². The Morgan fingerprint density at radius 2 is 1.62 bits per heavy atom. The summed E-state index contributed by atoms with van der Waals surface area (Å²) >= 11 is 1.16. The molecule has 0 fully saturated rings. The average molecular weight is 416 g/mol. The molecule has 8 heteroatoms. The van der Waals surface area contributed by atoms with Crippen LogP contribution in [0.5, 0.6) is 0 Å². The molecule has 0 bridgehead atoms. The van der Waals surface area contributed by atoms with E-state index < -0.39 is 29.2 Å². The van der Waals surface area contributed by atoms with Crippen molar-refractivity contribution >= 4 is 23.4 Å². The van der Waals surface area contributed by atoms with E-state index >= 15 is 0 Å². The van der Waals surface area contributed by atoms with E-state index in [1.54, 1.807) is 42.5 Å². The molecule has 3 rings (SSSR count). The molecule has 0 aliphatic carbocycles. The van der Waals surface area contributed by atoms with Crippen LogP contribution in [-0.4, -0.2) is 5.91 Å². The molecule has 0 saturated carbocycles. The fourth-order valence-electron chi connectivity index (χ4n) is 2.50. The number of halogens is 4. The lowest BCUT2D eigenvalue weighted by Crippen LogP contribution is -2.15. The van der Waals surface area contributed by atoms with Crippen LogP contribution in [0.25, 0.3) is 0 Å². The smallest absolute Gasteiger partial charge is 0.319 e. The van der Waals surface area contributed by atoms with Crippen molar-refractivity contribution in [2.45, 2.75) is 16.0 Å². The molecule has 0 aromatic heterocycles. The third-order valence-electron chi connectivity index (χ3n) is 3.90. The van der Waals surface area contributed by atoms with Crippen LogP contribution >= 0.6 is 11.8 Å². The maximum Gasteiger partial charge on any atom is 0.416 e. The van der Waals surface area contributed by atoms with Crippen LogP contribution in [0.3, 0.4) is 0 Å². The second-order valence-electron chi connectivity index (χ2n) is 5.85. The number of anilines is 1. The normalized spacial score (nSPS) is 11.0. The van der Waals surface area contributed by atoms with Crippen molar-refractivity contribution in [3.05, 3.63) is 89.2 Å². The fourth-order valence-corrected chi connectivity index (χ4v) is 3.52. The van der Waals surface area contributed by atoms with Crippen LogP contribution in [0.15, 0.2) is 76.5 Å². The summed E-state index contributed by atoms with van der Waals surface area (Å²) in [5.41, 5.74) is -1.08. The third-order valence-corrected chi connectivity index (χ3v) is 5.05. The molecule has 1 N–H and O–H groups in total. The van der Waals surface area contributed by atoms with Gasteiger partial charge in [-0.15, -0.1) is 0 Å². The van der Waals surface area contributed by atoms with Crippen molar-refractivity contribution in [3.8, 4) is 6.07 Å². The zero-order valence-electron chi connectivity index (χ0n) is 14.6. The van der Waals surface area contributed by atoms with Gasteiger partial charge in [0.05, 0.1) is 22.4 Å². The van der Waals surface area contributed by atoms with Gasteiger partial charge in [0.15, 0.2) is 0 Å². The summed E-state index contributed by atoms with van der Waals surface area (Å²) in [7, 11) is 0. The largest absolute Gasteiger partial charge is 0.416 e. The SMILES string of the molecule is N#Cc1ccccc1Sc1ccccc1C(=O)Nc1cc(C(F)(F)F)ccc1F. The molecular weight excluding hydrogens is 404 g/mol. The first kappa shape index (κ1) is 20.4. The Bertz CT molecular complexity index is 1110. The number of carbonyl (C=O) groups is 1. The summed E-state index contributed by atoms with van der Waals surface area (Å²) in [6.07, 6.45) is -4.66. The molecule has 0 unspecified atom stereocenters. The first-order valence-corrected chi connectivity index (χ1v) is 9.05. The summed E-state index contributed by atoms with van der Waals surface area (Å²) in [5.74, 6) is -1.74. The number of rotatable bonds is 4. The van der Waals surface area contributed by atoms with E-state index in [-0.39, 0.29) is 5.56 Å². The molecule has 0 saturated heterocycles. The summed E-state index contributed by atoms with van der Waals surface area (Å²) in [6.45, 7) is 0. The number of carbonyl (C=O) groups excluding carboxylic acids is 1. The van der Waals surface area contributed by atoms with Gasteiger partial charge in [0, 0.05) is 9.79 Å². The Hall–Kier alpha value is -3.31. The topological polar surface area (TPSA) is 52.9 Å². The summed E-state index contributed by atoms with van der Waals surface area (Å²) in [6, 6.07) is 17.0. The minimum Gasteiger partial charge on any atom is -0.319 e. The Morgan fingerprint density at radius 3 is 2.31 bits per heavy atom. The Balaban J connectivity index is 1.91. The van der Waals surface area contributed by atoms with Crippen molar-refractivity contribution in [1.29, 1.82) is 5.26 Å². The maximum atomic E-state index is 14.0. The Morgan fingerprint density at radius 1 is 0.966 bits per heavy atom. The molecule has 0 atom stereocenters. The predicted octanol–water partition coefficient (Wildman–Crippen LogP) is 6.12. The maximum absolute atomic E-state index is 14.0. The van der Waals surface area contributed by atoms with E-state index in [0.717, 1.165) is 11.8 Å². The molecule has 1 amide bonds. The van der Waals surface area contributed by atoms with Gasteiger partial charge in [-0.2, -0.15) is 18.4 Å². The fraction of sp³-hybridized carbons (Fsp3) is 0.0476. The number of nitrogens with zero attached hydrogens (tertiary/aromatic N) is 1. The van der Waals surface area contributed by atoms with Crippen LogP contribution in [0.4, 0.5) is 23.2 Å². The lowest BCUT2D eigenvalue weighted by atomic mass is 10.1. The van der Waals surface area contributed by atoms with Gasteiger partial charge in [0.25, 0.3) is 5.91 Å². The van der Waals surface area contributed by atoms with E-state index in [9.17, 15) is 27.6 Å². The first-order chi connectivity index (χ1) is 13.8. The van der Waals surface area contributed by atoms with Gasteiger partial charge in [0.2, 0.25) is 0 Å². The van der Waals surface area contributed by atoms with Crippen molar-refractivity contribution in [2.24, 2.45) is 0 Å². The molecule has 3 aromatic rings. The summed E-state index contributed by atoms with van der Waals surface area (Å²) in [5, 5.41) is 11.4. The summed E-state index contributed by atoms with van der Waals surface area (Å²) in [4.78, 5) is 13.7. The van der Waals surface area contributed by atoms with Crippen LogP contribution in [0.2, 0.25) is 0 Å². The number of hydrogen-bond donors (Lipinski definition) is 1. The number of benzene rings is 3. The number of nitrogens with one attached hydrogen (secondary N) is 1. The number of amides is 1. The van der Waals surface area contributed by atoms with Gasteiger partial charge >= 0.3 is 6.18 Å². The molecule has 0 aliphatic rings. The highest BCUT2D eigenvalue weighted by Crippen LogP contribution is 2.34. The van der Waals surface area contributed by atoms with Gasteiger partial charge < -0.3 is 5.32 Å². The second kappa shape index (κ2) is 8.37. The van der Waals surface area contributed by atoms with Crippen molar-refractivity contribution < 1.29 is 22.4 Å². The minimum absolute atomic E-state index is 0.141. The highest BCUT2D eigenvalue weighted by atomic mass is 32.2. The molecule has 0 aliphatic heterocycles. The monoisotopic (exact) mass is 416 g/mol. The lowest BCUT2D eigenvalue weighted by Gasteiger charge is -2.13. The van der Waals surface area contributed by atoms with Crippen LogP contribution in [-0.2, 0) is 6.18 Å². The number of hydrogen-bond acceptors (Lipinski definition) is 3. The van der Waals surface area contributed by atoms with Crippen molar-refractivity contribution in [3.63, 3.8) is 0 Å². The van der Waals surface area contributed by atoms with Gasteiger partial charge in [-0.05, 0) is 42.5 Å². The highest BCUT2D eigenvalue weighted by Gasteiger charge is 2.31. The second-order valence-corrected chi connectivity index (χ2v) is 6.94. The molecule has 3 nitrogen and oxygen atoms in total. The van der Waals surface area contributed by atoms with Gasteiger partial charge in [-0.1, -0.05) is 36.0 Å². The molecular formula is C21H12F4N2OS. The predicted molar refractivity (Wildman–Crippen MR) is 101 cm³/mol. The summed E-state index contributed by atoms with van der Waals surface area (Å²) < 4.78 is 52.6. The van der Waals surface area contributed by atoms with Crippen LogP contribution < -0.4 is 5.32 Å². The van der Waals surface area contributed by atoms with Gasteiger partial charge in [0.1, 0.15) is 11.9 Å². The standard InChI is InChI=1S/C21H12F4N2OS/c22-16-10-9-14(21(23,24)25)11-17(16)27-20(28)15-6-2-4-8-19(15)29-18-7-3-1-5-13(18)12-26/h1-11H,(H,27,28). The van der Waals surface area contributed by atoms with E-state index in [4.69, 9.17) is 0 Å². The average Bonchev–Trinajstić information content (AvgIpc) is 2.69. The Kier molecular flexibility index (Phi) is 5.89. The van der Waals surface area contributed by atoms with E-state index in [1.165, 1.54) is 6.07 Å². The van der Waals surface area contributed by atoms with Crippen molar-refractivity contribution in [1.82, 2.24) is 0 Å². The van der Waals surface area contributed by atoms with Crippen LogP contribution in [0, 0.1) is 17.1 Å². The lowest BCUT2D eigenvalue weighted by molar-refractivity contribution is -0.137. The first-order valence-electron chi connectivity index (χ1n) is 8.23. The third kappa shape index (κ3) is 4.76. The molecule has 29 heavy (non-hydrogen) atoms. The zero-order chi connectivity index (χ0) is 21.0. The van der Waals surface area contributed by atoms with Crippen LogP contribution in [0.1, 0.15) is 21.5 Å². The Labute approximate surface area is 168 Å². The van der Waals surface area contributed by atoms with E-state index in [1.807, 2.05) is 0 Å². The quantitative estimate of drug-likeness (QED) is 0.522. The highest BCUT2D eigenvalue weighted by molar-refractivity contribution is 7.99. The zero-order valence-corrected chi connectivity index (χ0v) is 15.4. The van der Waals surface area contributed by atoms with Crippen molar-refractivity contribution in [2.75, 3.05) is 5.32 Å². The molecule has 3 aromatic carbocycles. The molecule has 0 spiro atoms. The minimum atomic E-state index is -4.66. The van der Waals surface area contributed by atoms with Gasteiger partial charge in [-0.3, -0.25) is 4.79 Å². The molecule has 0 radical (unpaired) electrons. The van der Waals surface area contributed by atoms with E-state index in [0.29, 0.717) is 33.6 Å². The number of nitriles is 1. The van der Waals surface area contributed by atoms with Gasteiger partial charge in [-0.25, -0.2) is 4.39 Å².